The largest absolute Gasteiger partial charge is 0.412 e. The molecule has 1 aliphatic carbocycles. The van der Waals surface area contributed by atoms with E-state index in [2.05, 4.69) is 6.92 Å². The maximum absolute atomic E-state index is 13.6. The molecular formula is C22H28F4O2. The first-order chi connectivity index (χ1) is 13.4. The molecule has 0 radical (unpaired) electrons. The van der Waals surface area contributed by atoms with E-state index in [4.69, 9.17) is 9.47 Å². The lowest BCUT2D eigenvalue weighted by atomic mass is 9.75. The van der Waals surface area contributed by atoms with Crippen LogP contribution in [0, 0.1) is 17.8 Å². The number of ether oxygens (including phenoxy) is 2. The fraction of sp³-hybridized carbons (Fsp3) is 0.636. The van der Waals surface area contributed by atoms with Gasteiger partial charge < -0.3 is 9.47 Å². The number of halogens is 4. The predicted molar refractivity (Wildman–Crippen MR) is 100 cm³/mol. The highest BCUT2D eigenvalue weighted by molar-refractivity contribution is 5.59. The molecule has 3 rings (SSSR count). The molecule has 1 aromatic carbocycles. The van der Waals surface area contributed by atoms with Crippen molar-refractivity contribution in [2.45, 2.75) is 57.9 Å². The van der Waals surface area contributed by atoms with Crippen molar-refractivity contribution in [2.75, 3.05) is 13.2 Å². The van der Waals surface area contributed by atoms with E-state index in [9.17, 15) is 17.6 Å². The van der Waals surface area contributed by atoms with Crippen LogP contribution in [0.1, 0.15) is 62.9 Å². The molecule has 0 aromatic heterocycles. The molecule has 1 saturated carbocycles. The molecule has 0 atom stereocenters. The molecule has 0 amide bonds. The van der Waals surface area contributed by atoms with Crippen LogP contribution in [-0.2, 0) is 9.47 Å². The lowest BCUT2D eigenvalue weighted by Crippen LogP contribution is -2.34. The van der Waals surface area contributed by atoms with Gasteiger partial charge in [-0.2, -0.15) is 13.2 Å². The third kappa shape index (κ3) is 5.80. The van der Waals surface area contributed by atoms with Crippen LogP contribution < -0.4 is 0 Å². The maximum atomic E-state index is 13.6. The zero-order valence-electron chi connectivity index (χ0n) is 16.2. The molecular weight excluding hydrogens is 372 g/mol. The molecule has 28 heavy (non-hydrogen) atoms. The quantitative estimate of drug-likeness (QED) is 0.505. The maximum Gasteiger partial charge on any atom is 0.412 e. The van der Waals surface area contributed by atoms with Crippen molar-refractivity contribution in [1.29, 1.82) is 0 Å². The smallest absolute Gasteiger partial charge is 0.348 e. The second-order valence-electron chi connectivity index (χ2n) is 7.98. The van der Waals surface area contributed by atoms with Gasteiger partial charge in [-0.3, -0.25) is 0 Å². The van der Waals surface area contributed by atoms with Gasteiger partial charge in [-0.05, 0) is 24.7 Å². The lowest BCUT2D eigenvalue weighted by molar-refractivity contribution is -0.214. The Bertz CT molecular complexity index is 637. The van der Waals surface area contributed by atoms with Crippen LogP contribution in [0.5, 0.6) is 0 Å². The minimum atomic E-state index is -4.68. The molecule has 0 N–H and O–H groups in total. The van der Waals surface area contributed by atoms with Gasteiger partial charge >= 0.3 is 6.18 Å². The molecule has 156 valence electrons. The first-order valence-corrected chi connectivity index (χ1v) is 10.1. The second-order valence-corrected chi connectivity index (χ2v) is 7.98. The Kier molecular flexibility index (Phi) is 7.15. The third-order valence-electron chi connectivity index (χ3n) is 5.93. The van der Waals surface area contributed by atoms with Gasteiger partial charge in [0.15, 0.2) is 6.29 Å². The van der Waals surface area contributed by atoms with E-state index in [0.717, 1.165) is 5.92 Å². The summed E-state index contributed by atoms with van der Waals surface area (Å²) < 4.78 is 62.1. The molecule has 2 aliphatic rings. The van der Waals surface area contributed by atoms with Crippen molar-refractivity contribution in [1.82, 2.24) is 0 Å². The molecule has 0 spiro atoms. The van der Waals surface area contributed by atoms with Crippen LogP contribution in [0.4, 0.5) is 17.6 Å². The van der Waals surface area contributed by atoms with Crippen LogP contribution in [0.2, 0.25) is 0 Å². The highest BCUT2D eigenvalue weighted by Gasteiger charge is 2.32. The molecule has 6 heteroatoms. The summed E-state index contributed by atoms with van der Waals surface area (Å²) in [6.07, 6.45) is 2.05. The Morgan fingerprint density at radius 1 is 1.00 bits per heavy atom. The Hall–Kier alpha value is -1.40. The monoisotopic (exact) mass is 400 g/mol. The second kappa shape index (κ2) is 9.40. The van der Waals surface area contributed by atoms with Gasteiger partial charge in [0.1, 0.15) is 5.83 Å². The van der Waals surface area contributed by atoms with Crippen molar-refractivity contribution in [3.05, 3.63) is 41.5 Å². The Morgan fingerprint density at radius 3 is 2.14 bits per heavy atom. The number of hydrogen-bond donors (Lipinski definition) is 0. The van der Waals surface area contributed by atoms with Gasteiger partial charge in [-0.25, -0.2) is 4.39 Å². The Morgan fingerprint density at radius 2 is 1.61 bits per heavy atom. The van der Waals surface area contributed by atoms with E-state index in [1.807, 2.05) is 0 Å². The van der Waals surface area contributed by atoms with E-state index in [1.165, 1.54) is 50.7 Å². The van der Waals surface area contributed by atoms with Crippen molar-refractivity contribution < 1.29 is 27.0 Å². The summed E-state index contributed by atoms with van der Waals surface area (Å²) in [5.41, 5.74) is 0.576. The zero-order chi connectivity index (χ0) is 20.1. The summed E-state index contributed by atoms with van der Waals surface area (Å²) in [6, 6.07) is 5.75. The molecule has 1 heterocycles. The van der Waals surface area contributed by atoms with Gasteiger partial charge in [0.2, 0.25) is 0 Å². The first-order valence-electron chi connectivity index (χ1n) is 10.1. The highest BCUT2D eigenvalue weighted by atomic mass is 19.4. The van der Waals surface area contributed by atoms with Gasteiger partial charge in [-0.1, -0.05) is 56.9 Å². The number of benzene rings is 1. The van der Waals surface area contributed by atoms with E-state index < -0.39 is 18.3 Å². The minimum Gasteiger partial charge on any atom is -0.348 e. The molecule has 2 fully saturated rings. The summed E-state index contributed by atoms with van der Waals surface area (Å²) in [4.78, 5) is 0. The van der Waals surface area contributed by atoms with Crippen molar-refractivity contribution in [3.8, 4) is 0 Å². The van der Waals surface area contributed by atoms with Crippen LogP contribution >= 0.6 is 0 Å². The Labute approximate surface area is 163 Å². The van der Waals surface area contributed by atoms with Crippen molar-refractivity contribution in [3.63, 3.8) is 0 Å². The number of alkyl halides is 3. The zero-order valence-corrected chi connectivity index (χ0v) is 16.2. The van der Waals surface area contributed by atoms with Crippen molar-refractivity contribution >= 4 is 5.83 Å². The summed E-state index contributed by atoms with van der Waals surface area (Å²) in [7, 11) is 0. The van der Waals surface area contributed by atoms with E-state index in [1.54, 1.807) is 12.1 Å². The normalized spacial score (nSPS) is 29.7. The molecule has 1 aliphatic heterocycles. The Balaban J connectivity index is 1.51. The summed E-state index contributed by atoms with van der Waals surface area (Å²) in [6.45, 7) is 3.48. The molecule has 1 saturated heterocycles. The lowest BCUT2D eigenvalue weighted by Gasteiger charge is -2.37. The summed E-state index contributed by atoms with van der Waals surface area (Å²) >= 11 is 0. The van der Waals surface area contributed by atoms with Crippen LogP contribution in [-0.4, -0.2) is 19.4 Å². The average Bonchev–Trinajstić information content (AvgIpc) is 2.68. The fourth-order valence-electron chi connectivity index (χ4n) is 4.37. The van der Waals surface area contributed by atoms with E-state index in [0.29, 0.717) is 30.6 Å². The van der Waals surface area contributed by atoms with Gasteiger partial charge in [0.05, 0.1) is 19.3 Å². The van der Waals surface area contributed by atoms with Gasteiger partial charge in [0.25, 0.3) is 0 Å². The SMILES string of the molecule is CCCC1CCC(C2COC(c3ccc(/C(F)=C/C(F)(F)F)cc3)OC2)CC1. The number of allylic oxidation sites excluding steroid dienone is 1. The van der Waals surface area contributed by atoms with Gasteiger partial charge in [0, 0.05) is 17.0 Å². The van der Waals surface area contributed by atoms with Gasteiger partial charge in [-0.15, -0.1) is 0 Å². The molecule has 1 aromatic rings. The van der Waals surface area contributed by atoms with E-state index in [-0.39, 0.29) is 11.6 Å². The summed E-state index contributed by atoms with van der Waals surface area (Å²) in [5.74, 6) is 0.594. The number of rotatable bonds is 5. The minimum absolute atomic E-state index is 0.112. The standard InChI is InChI=1S/C22H28F4O2/c1-2-3-15-4-6-16(7-5-15)19-13-27-21(28-14-19)18-10-8-17(9-11-18)20(23)12-22(24,25)26/h8-12,15-16,19,21H,2-7,13-14H2,1H3/b20-12-. The average molecular weight is 400 g/mol. The predicted octanol–water partition coefficient (Wildman–Crippen LogP) is 6.83. The molecule has 0 unspecified atom stereocenters. The van der Waals surface area contributed by atoms with Crippen LogP contribution in [0.15, 0.2) is 30.3 Å². The topological polar surface area (TPSA) is 18.5 Å². The van der Waals surface area contributed by atoms with Crippen LogP contribution in [0.25, 0.3) is 5.83 Å². The van der Waals surface area contributed by atoms with Crippen LogP contribution in [0.3, 0.4) is 0 Å². The van der Waals surface area contributed by atoms with Crippen molar-refractivity contribution in [2.24, 2.45) is 17.8 Å². The van der Waals surface area contributed by atoms with E-state index >= 15 is 0 Å². The first kappa shape index (κ1) is 21.3. The highest BCUT2D eigenvalue weighted by Crippen LogP contribution is 2.38. The third-order valence-corrected chi connectivity index (χ3v) is 5.93. The molecule has 0 bridgehead atoms. The summed E-state index contributed by atoms with van der Waals surface area (Å²) in [5, 5.41) is 0. The number of hydrogen-bond acceptors (Lipinski definition) is 2. The molecule has 2 nitrogen and oxygen atoms in total. The fourth-order valence-corrected chi connectivity index (χ4v) is 4.37.